The van der Waals surface area contributed by atoms with E-state index in [9.17, 15) is 4.21 Å². The van der Waals surface area contributed by atoms with Gasteiger partial charge >= 0.3 is 0 Å². The lowest BCUT2D eigenvalue weighted by atomic mass is 10.1. The smallest absolute Gasteiger partial charge is 0.123 e. The van der Waals surface area contributed by atoms with Crippen molar-refractivity contribution in [2.24, 2.45) is 5.73 Å². The van der Waals surface area contributed by atoms with Gasteiger partial charge in [-0.1, -0.05) is 40.2 Å². The van der Waals surface area contributed by atoms with Gasteiger partial charge in [-0.15, -0.1) is 0 Å². The van der Waals surface area contributed by atoms with E-state index >= 15 is 0 Å². The van der Waals surface area contributed by atoms with Crippen LogP contribution in [0.15, 0.2) is 57.9 Å². The van der Waals surface area contributed by atoms with Gasteiger partial charge in [0.15, 0.2) is 0 Å². The van der Waals surface area contributed by atoms with Crippen LogP contribution >= 0.6 is 15.9 Å². The molecule has 0 spiro atoms. The fourth-order valence-electron chi connectivity index (χ4n) is 1.93. The zero-order chi connectivity index (χ0) is 14.5. The Balaban J connectivity index is 2.15. The van der Waals surface area contributed by atoms with Crippen molar-refractivity contribution < 1.29 is 8.95 Å². The van der Waals surface area contributed by atoms with Crippen LogP contribution in [0.2, 0.25) is 0 Å². The van der Waals surface area contributed by atoms with Gasteiger partial charge in [-0.3, -0.25) is 4.21 Å². The molecule has 0 aromatic heterocycles. The number of benzene rings is 2. The first-order chi connectivity index (χ1) is 9.61. The predicted octanol–water partition coefficient (Wildman–Crippen LogP) is 3.27. The van der Waals surface area contributed by atoms with E-state index in [0.717, 1.165) is 20.7 Å². The van der Waals surface area contributed by atoms with Gasteiger partial charge in [0, 0.05) is 26.7 Å². The van der Waals surface area contributed by atoms with Gasteiger partial charge in [0.05, 0.1) is 17.9 Å². The molecule has 2 aromatic rings. The zero-order valence-corrected chi connectivity index (χ0v) is 13.5. The number of methoxy groups -OCH3 is 1. The van der Waals surface area contributed by atoms with Gasteiger partial charge < -0.3 is 10.5 Å². The van der Waals surface area contributed by atoms with E-state index in [1.807, 2.05) is 48.5 Å². The molecule has 2 N–H and O–H groups in total. The maximum Gasteiger partial charge on any atom is 0.123 e. The van der Waals surface area contributed by atoms with Crippen molar-refractivity contribution in [1.29, 1.82) is 0 Å². The maximum absolute atomic E-state index is 12.3. The summed E-state index contributed by atoms with van der Waals surface area (Å²) in [7, 11) is 0.463. The molecule has 0 heterocycles. The van der Waals surface area contributed by atoms with Crippen molar-refractivity contribution >= 4 is 26.7 Å². The van der Waals surface area contributed by atoms with Crippen molar-refractivity contribution in [3.05, 3.63) is 58.6 Å². The van der Waals surface area contributed by atoms with Gasteiger partial charge in [0.2, 0.25) is 0 Å². The molecule has 2 unspecified atom stereocenters. The summed E-state index contributed by atoms with van der Waals surface area (Å²) in [4.78, 5) is 0.768. The summed E-state index contributed by atoms with van der Waals surface area (Å²) in [6, 6.07) is 14.7. The Kier molecular flexibility index (Phi) is 5.34. The van der Waals surface area contributed by atoms with Crippen LogP contribution in [0.1, 0.15) is 11.6 Å². The summed E-state index contributed by atoms with van der Waals surface area (Å²) in [5.74, 6) is 1.09. The number of nitrogens with two attached hydrogens (primary N) is 1. The van der Waals surface area contributed by atoms with Crippen LogP contribution < -0.4 is 10.5 Å². The first-order valence-corrected chi connectivity index (χ1v) is 8.25. The largest absolute Gasteiger partial charge is 0.496 e. The Morgan fingerprint density at radius 3 is 2.70 bits per heavy atom. The molecule has 5 heteroatoms. The molecule has 20 heavy (non-hydrogen) atoms. The first-order valence-electron chi connectivity index (χ1n) is 6.14. The standard InChI is InChI=1S/C15H16BrNO2S/c1-19-15-8-3-2-7-13(15)14(17)10-20(18)12-6-4-5-11(16)9-12/h2-9,14H,10,17H2,1H3. The molecular formula is C15H16BrNO2S. The molecule has 0 saturated carbocycles. The molecular weight excluding hydrogens is 338 g/mol. The molecule has 3 nitrogen and oxygen atoms in total. The number of hydrogen-bond acceptors (Lipinski definition) is 3. The fourth-order valence-corrected chi connectivity index (χ4v) is 3.67. The molecule has 2 rings (SSSR count). The Morgan fingerprint density at radius 2 is 2.00 bits per heavy atom. The van der Waals surface area contributed by atoms with E-state index < -0.39 is 10.8 Å². The van der Waals surface area contributed by atoms with Gasteiger partial charge in [-0.2, -0.15) is 0 Å². The lowest BCUT2D eigenvalue weighted by Gasteiger charge is -2.15. The molecule has 2 aromatic carbocycles. The first kappa shape index (κ1) is 15.2. The lowest BCUT2D eigenvalue weighted by Crippen LogP contribution is -2.19. The van der Waals surface area contributed by atoms with E-state index in [2.05, 4.69) is 15.9 Å². The van der Waals surface area contributed by atoms with Gasteiger partial charge in [0.25, 0.3) is 0 Å². The van der Waals surface area contributed by atoms with E-state index in [0.29, 0.717) is 5.75 Å². The molecule has 0 aliphatic carbocycles. The van der Waals surface area contributed by atoms with Crippen LogP contribution in [0.5, 0.6) is 5.75 Å². The van der Waals surface area contributed by atoms with E-state index in [1.165, 1.54) is 0 Å². The summed E-state index contributed by atoms with van der Waals surface area (Å²) in [5, 5.41) is 0. The second-order valence-electron chi connectivity index (χ2n) is 4.32. The Morgan fingerprint density at radius 1 is 1.25 bits per heavy atom. The van der Waals surface area contributed by atoms with Gasteiger partial charge in [-0.25, -0.2) is 0 Å². The highest BCUT2D eigenvalue weighted by atomic mass is 79.9. The maximum atomic E-state index is 12.3. The molecule has 0 radical (unpaired) electrons. The van der Waals surface area contributed by atoms with Crippen LogP contribution in [0.4, 0.5) is 0 Å². The third-order valence-corrected chi connectivity index (χ3v) is 4.86. The third-order valence-electron chi connectivity index (χ3n) is 2.93. The molecule has 0 fully saturated rings. The number of rotatable bonds is 5. The van der Waals surface area contributed by atoms with Crippen molar-refractivity contribution in [2.45, 2.75) is 10.9 Å². The highest BCUT2D eigenvalue weighted by molar-refractivity contribution is 9.10. The van der Waals surface area contributed by atoms with E-state index in [4.69, 9.17) is 10.5 Å². The zero-order valence-electron chi connectivity index (χ0n) is 11.1. The lowest BCUT2D eigenvalue weighted by molar-refractivity contribution is 0.407. The monoisotopic (exact) mass is 353 g/mol. The van der Waals surface area contributed by atoms with E-state index in [1.54, 1.807) is 7.11 Å². The summed E-state index contributed by atoms with van der Waals surface area (Å²) in [6.45, 7) is 0. The van der Waals surface area contributed by atoms with Crippen LogP contribution in [-0.4, -0.2) is 17.1 Å². The summed E-state index contributed by atoms with van der Waals surface area (Å²) in [5.41, 5.74) is 7.04. The van der Waals surface area contributed by atoms with Crippen molar-refractivity contribution in [3.63, 3.8) is 0 Å². The molecule has 106 valence electrons. The summed E-state index contributed by atoms with van der Waals surface area (Å²) < 4.78 is 18.5. The average molecular weight is 354 g/mol. The van der Waals surface area contributed by atoms with Crippen LogP contribution in [-0.2, 0) is 10.8 Å². The number of ether oxygens (including phenoxy) is 1. The second kappa shape index (κ2) is 7.02. The second-order valence-corrected chi connectivity index (χ2v) is 6.73. The molecule has 0 amide bonds. The van der Waals surface area contributed by atoms with Gasteiger partial charge in [-0.05, 0) is 24.3 Å². The minimum absolute atomic E-state index is 0.328. The highest BCUT2D eigenvalue weighted by Gasteiger charge is 2.15. The highest BCUT2D eigenvalue weighted by Crippen LogP contribution is 2.25. The minimum Gasteiger partial charge on any atom is -0.496 e. The quantitative estimate of drug-likeness (QED) is 0.897. The van der Waals surface area contributed by atoms with Crippen molar-refractivity contribution in [3.8, 4) is 5.75 Å². The SMILES string of the molecule is COc1ccccc1C(N)CS(=O)c1cccc(Br)c1. The van der Waals surface area contributed by atoms with Crippen molar-refractivity contribution in [1.82, 2.24) is 0 Å². The van der Waals surface area contributed by atoms with Crippen LogP contribution in [0.25, 0.3) is 0 Å². The molecule has 0 saturated heterocycles. The average Bonchev–Trinajstić information content (AvgIpc) is 2.47. The Hall–Kier alpha value is -1.17. The topological polar surface area (TPSA) is 52.3 Å². The Bertz CT molecular complexity index is 618. The van der Waals surface area contributed by atoms with Crippen molar-refractivity contribution in [2.75, 3.05) is 12.9 Å². The summed E-state index contributed by atoms with van der Waals surface area (Å²) in [6.07, 6.45) is 0. The van der Waals surface area contributed by atoms with Gasteiger partial charge in [0.1, 0.15) is 5.75 Å². The molecule has 0 bridgehead atoms. The van der Waals surface area contributed by atoms with Crippen LogP contribution in [0, 0.1) is 0 Å². The number of para-hydroxylation sites is 1. The molecule has 2 atom stereocenters. The Labute approximate surface area is 129 Å². The molecule has 0 aliphatic rings. The number of hydrogen-bond donors (Lipinski definition) is 1. The van der Waals surface area contributed by atoms with Crippen LogP contribution in [0.3, 0.4) is 0 Å². The predicted molar refractivity (Wildman–Crippen MR) is 85.3 cm³/mol. The number of halogens is 1. The summed E-state index contributed by atoms with van der Waals surface area (Å²) >= 11 is 3.38. The molecule has 0 aliphatic heterocycles. The van der Waals surface area contributed by atoms with E-state index in [-0.39, 0.29) is 6.04 Å². The normalized spacial score (nSPS) is 13.8. The third kappa shape index (κ3) is 3.69. The minimum atomic E-state index is -1.15. The fraction of sp³-hybridized carbons (Fsp3) is 0.200.